The number of carbonyl (C=O) groups excluding carboxylic acids is 1. The Kier molecular flexibility index (Phi) is 3.77. The zero-order valence-corrected chi connectivity index (χ0v) is 12.4. The maximum Gasteiger partial charge on any atom is 0.276 e. The van der Waals surface area contributed by atoms with Gasteiger partial charge in [-0.3, -0.25) is 4.79 Å². The van der Waals surface area contributed by atoms with E-state index in [9.17, 15) is 4.79 Å². The van der Waals surface area contributed by atoms with Crippen LogP contribution in [0.25, 0.3) is 0 Å². The molecule has 0 aliphatic carbocycles. The smallest absolute Gasteiger partial charge is 0.276 e. The van der Waals surface area contributed by atoms with Crippen LogP contribution in [0.2, 0.25) is 0 Å². The van der Waals surface area contributed by atoms with Crippen LogP contribution in [-0.4, -0.2) is 39.0 Å². The highest BCUT2D eigenvalue weighted by molar-refractivity contribution is 5.92. The molecule has 3 rings (SSSR count). The Hall–Kier alpha value is -2.11. The molecular formula is C15H20N4O2. The fourth-order valence-electron chi connectivity index (χ4n) is 2.75. The first-order valence-electron chi connectivity index (χ1n) is 7.43. The lowest BCUT2D eigenvalue weighted by Crippen LogP contribution is -2.28. The van der Waals surface area contributed by atoms with Crippen LogP contribution < -0.4 is 0 Å². The van der Waals surface area contributed by atoms with Crippen LogP contribution in [-0.2, 0) is 6.42 Å². The van der Waals surface area contributed by atoms with Crippen LogP contribution >= 0.6 is 0 Å². The largest absolute Gasteiger partial charge is 0.361 e. The number of aromatic amines is 1. The van der Waals surface area contributed by atoms with Crippen LogP contribution in [0.15, 0.2) is 16.8 Å². The molecule has 1 unspecified atom stereocenters. The molecule has 112 valence electrons. The molecule has 1 aliphatic rings. The number of likely N-dealkylation sites (tertiary alicyclic amines) is 1. The van der Waals surface area contributed by atoms with Crippen LogP contribution in [0.1, 0.15) is 53.5 Å². The van der Waals surface area contributed by atoms with Crippen molar-refractivity contribution in [3.63, 3.8) is 0 Å². The number of nitrogens with one attached hydrogen (secondary N) is 1. The number of hydrogen-bond donors (Lipinski definition) is 1. The normalized spacial score (nSPS) is 18.4. The predicted octanol–water partition coefficient (Wildman–Crippen LogP) is 2.29. The van der Waals surface area contributed by atoms with Gasteiger partial charge in [-0.15, -0.1) is 0 Å². The second-order valence-corrected chi connectivity index (χ2v) is 5.62. The molecule has 0 saturated carbocycles. The molecule has 21 heavy (non-hydrogen) atoms. The average Bonchev–Trinajstić information content (AvgIpc) is 3.17. The lowest BCUT2D eigenvalue weighted by atomic mass is 10.1. The molecule has 2 aromatic rings. The van der Waals surface area contributed by atoms with Crippen molar-refractivity contribution in [2.45, 2.75) is 39.0 Å². The third-order valence-corrected chi connectivity index (χ3v) is 3.86. The summed E-state index contributed by atoms with van der Waals surface area (Å²) in [5, 5.41) is 3.89. The van der Waals surface area contributed by atoms with Gasteiger partial charge in [0.25, 0.3) is 5.91 Å². The molecule has 0 spiro atoms. The fourth-order valence-corrected chi connectivity index (χ4v) is 2.75. The standard InChI is InChI=1S/C15H20N4O2/c1-3-4-12-7-13(18-21-12)15(20)19-6-5-11(9-19)14-16-8-10(2)17-14/h7-8,11H,3-6,9H2,1-2H3,(H,16,17). The summed E-state index contributed by atoms with van der Waals surface area (Å²) in [5.74, 6) is 1.98. The van der Waals surface area contributed by atoms with E-state index in [0.29, 0.717) is 12.2 Å². The van der Waals surface area contributed by atoms with Crippen LogP contribution in [0.3, 0.4) is 0 Å². The number of amides is 1. The van der Waals surface area contributed by atoms with Gasteiger partial charge >= 0.3 is 0 Å². The molecule has 1 atom stereocenters. The summed E-state index contributed by atoms with van der Waals surface area (Å²) in [4.78, 5) is 21.9. The van der Waals surface area contributed by atoms with Crippen LogP contribution in [0, 0.1) is 6.92 Å². The summed E-state index contributed by atoms with van der Waals surface area (Å²) in [6, 6.07) is 1.76. The second-order valence-electron chi connectivity index (χ2n) is 5.62. The Labute approximate surface area is 123 Å². The number of H-pyrrole nitrogens is 1. The van der Waals surface area contributed by atoms with Crippen molar-refractivity contribution >= 4 is 5.91 Å². The van der Waals surface area contributed by atoms with E-state index in [2.05, 4.69) is 22.0 Å². The topological polar surface area (TPSA) is 75.0 Å². The molecule has 1 fully saturated rings. The Bertz CT molecular complexity index is 631. The molecular weight excluding hydrogens is 268 g/mol. The van der Waals surface area contributed by atoms with Crippen molar-refractivity contribution in [1.29, 1.82) is 0 Å². The van der Waals surface area contributed by atoms with E-state index in [1.165, 1.54) is 0 Å². The van der Waals surface area contributed by atoms with Crippen LogP contribution in [0.4, 0.5) is 0 Å². The van der Waals surface area contributed by atoms with E-state index in [0.717, 1.165) is 43.1 Å². The SMILES string of the molecule is CCCc1cc(C(=O)N2CCC(c3ncc(C)[nH]3)C2)no1. The molecule has 3 heterocycles. The molecule has 1 N–H and O–H groups in total. The van der Waals surface area contributed by atoms with Gasteiger partial charge < -0.3 is 14.4 Å². The van der Waals surface area contributed by atoms with Gasteiger partial charge in [0.15, 0.2) is 5.69 Å². The van der Waals surface area contributed by atoms with Crippen molar-refractivity contribution < 1.29 is 9.32 Å². The van der Waals surface area contributed by atoms with E-state index in [1.54, 1.807) is 6.07 Å². The number of rotatable bonds is 4. The number of aryl methyl sites for hydroxylation is 2. The number of aromatic nitrogens is 3. The highest BCUT2D eigenvalue weighted by Gasteiger charge is 2.30. The zero-order chi connectivity index (χ0) is 14.8. The Morgan fingerprint density at radius 1 is 1.57 bits per heavy atom. The Morgan fingerprint density at radius 2 is 2.43 bits per heavy atom. The minimum absolute atomic E-state index is 0.0492. The molecule has 6 heteroatoms. The van der Waals surface area contributed by atoms with Crippen LogP contribution in [0.5, 0.6) is 0 Å². The number of imidazole rings is 1. The molecule has 2 aromatic heterocycles. The lowest BCUT2D eigenvalue weighted by Gasteiger charge is -2.13. The van der Waals surface area contributed by atoms with E-state index in [1.807, 2.05) is 18.0 Å². The molecule has 1 saturated heterocycles. The van der Waals surface area contributed by atoms with Gasteiger partial charge in [-0.1, -0.05) is 12.1 Å². The molecule has 1 amide bonds. The third kappa shape index (κ3) is 2.84. The summed E-state index contributed by atoms with van der Waals surface area (Å²) in [6.07, 6.45) is 4.55. The van der Waals surface area contributed by atoms with E-state index in [4.69, 9.17) is 4.52 Å². The minimum atomic E-state index is -0.0492. The van der Waals surface area contributed by atoms with Crippen molar-refractivity contribution in [2.75, 3.05) is 13.1 Å². The maximum absolute atomic E-state index is 12.4. The van der Waals surface area contributed by atoms with Crippen molar-refractivity contribution in [3.8, 4) is 0 Å². The summed E-state index contributed by atoms with van der Waals surface area (Å²) < 4.78 is 5.18. The quantitative estimate of drug-likeness (QED) is 0.936. The number of carbonyl (C=O) groups is 1. The van der Waals surface area contributed by atoms with Crippen molar-refractivity contribution in [3.05, 3.63) is 35.2 Å². The highest BCUT2D eigenvalue weighted by Crippen LogP contribution is 2.26. The highest BCUT2D eigenvalue weighted by atomic mass is 16.5. The summed E-state index contributed by atoms with van der Waals surface area (Å²) in [5.41, 5.74) is 1.46. The molecule has 1 aliphatic heterocycles. The monoisotopic (exact) mass is 288 g/mol. The molecule has 0 radical (unpaired) electrons. The third-order valence-electron chi connectivity index (χ3n) is 3.86. The van der Waals surface area contributed by atoms with E-state index >= 15 is 0 Å². The number of nitrogens with zero attached hydrogens (tertiary/aromatic N) is 3. The van der Waals surface area contributed by atoms with Gasteiger partial charge in [0, 0.05) is 43.4 Å². The van der Waals surface area contributed by atoms with E-state index in [-0.39, 0.29) is 11.8 Å². The maximum atomic E-state index is 12.4. The summed E-state index contributed by atoms with van der Waals surface area (Å²) in [6.45, 7) is 5.47. The van der Waals surface area contributed by atoms with Crippen molar-refractivity contribution in [2.24, 2.45) is 0 Å². The molecule has 0 aromatic carbocycles. The summed E-state index contributed by atoms with van der Waals surface area (Å²) in [7, 11) is 0. The van der Waals surface area contributed by atoms with Gasteiger partial charge in [-0.25, -0.2) is 4.98 Å². The minimum Gasteiger partial charge on any atom is -0.361 e. The first-order chi connectivity index (χ1) is 10.2. The van der Waals surface area contributed by atoms with E-state index < -0.39 is 0 Å². The van der Waals surface area contributed by atoms with Gasteiger partial charge in [0.1, 0.15) is 11.6 Å². The second kappa shape index (κ2) is 5.71. The van der Waals surface area contributed by atoms with Gasteiger partial charge in [-0.05, 0) is 19.8 Å². The Balaban J connectivity index is 1.66. The Morgan fingerprint density at radius 3 is 3.14 bits per heavy atom. The van der Waals surface area contributed by atoms with Gasteiger partial charge in [-0.2, -0.15) is 0 Å². The van der Waals surface area contributed by atoms with Crippen molar-refractivity contribution in [1.82, 2.24) is 20.0 Å². The zero-order valence-electron chi connectivity index (χ0n) is 12.4. The molecule has 6 nitrogen and oxygen atoms in total. The van der Waals surface area contributed by atoms with Gasteiger partial charge in [0.2, 0.25) is 0 Å². The molecule has 0 bridgehead atoms. The van der Waals surface area contributed by atoms with Gasteiger partial charge in [0.05, 0.1) is 0 Å². The summed E-state index contributed by atoms with van der Waals surface area (Å²) >= 11 is 0. The average molecular weight is 288 g/mol. The lowest BCUT2D eigenvalue weighted by molar-refractivity contribution is 0.0780. The predicted molar refractivity (Wildman–Crippen MR) is 77.1 cm³/mol. The fraction of sp³-hybridized carbons (Fsp3) is 0.533. The number of hydrogen-bond acceptors (Lipinski definition) is 4. The first-order valence-corrected chi connectivity index (χ1v) is 7.43. The first kappa shape index (κ1) is 13.9.